The van der Waals surface area contributed by atoms with Gasteiger partial charge in [0.25, 0.3) is 0 Å². The lowest BCUT2D eigenvalue weighted by atomic mass is 10.1. The number of rotatable bonds is 4. The van der Waals surface area contributed by atoms with Gasteiger partial charge in [0.05, 0.1) is 26.1 Å². The van der Waals surface area contributed by atoms with E-state index in [0.29, 0.717) is 30.1 Å². The third-order valence-electron chi connectivity index (χ3n) is 5.46. The molecule has 0 radical (unpaired) electrons. The molecule has 10 nitrogen and oxygen atoms in total. The van der Waals surface area contributed by atoms with Crippen LogP contribution in [0.2, 0.25) is 0 Å². The number of hydrogen-bond acceptors (Lipinski definition) is 9. The highest BCUT2D eigenvalue weighted by Crippen LogP contribution is 2.34. The van der Waals surface area contributed by atoms with Crippen molar-refractivity contribution in [2.75, 3.05) is 37.8 Å². The number of halogens is 1. The van der Waals surface area contributed by atoms with E-state index in [1.165, 1.54) is 17.2 Å². The molecule has 4 atom stereocenters. The maximum atomic E-state index is 14.1. The summed E-state index contributed by atoms with van der Waals surface area (Å²) in [6, 6.07) is 3.84. The van der Waals surface area contributed by atoms with Gasteiger partial charge in [0.15, 0.2) is 18.0 Å². The first-order valence-corrected chi connectivity index (χ1v) is 9.72. The number of nitrogens with zero attached hydrogens (tertiary/aromatic N) is 6. The van der Waals surface area contributed by atoms with Crippen molar-refractivity contribution < 1.29 is 24.1 Å². The largest absolute Gasteiger partial charge is 0.394 e. The molecule has 0 unspecified atom stereocenters. The molecule has 3 aromatic rings. The molecule has 2 aliphatic rings. The molecular formula is C19H21FN6O4. The minimum absolute atomic E-state index is 0.395. The first-order valence-electron chi connectivity index (χ1n) is 9.72. The van der Waals surface area contributed by atoms with E-state index in [2.05, 4.69) is 24.8 Å². The number of fused-ring (bicyclic) bond motifs is 1. The van der Waals surface area contributed by atoms with E-state index < -0.39 is 31.2 Å². The van der Waals surface area contributed by atoms with Crippen LogP contribution in [-0.2, 0) is 9.47 Å². The Labute approximate surface area is 170 Å². The molecule has 3 aromatic heterocycles. The van der Waals surface area contributed by atoms with Gasteiger partial charge in [-0.2, -0.15) is 0 Å². The number of aliphatic hydroxyl groups excluding tert-OH is 2. The zero-order valence-corrected chi connectivity index (χ0v) is 16.0. The normalized spacial score (nSPS) is 27.1. The van der Waals surface area contributed by atoms with E-state index in [9.17, 15) is 14.6 Å². The molecular weight excluding hydrogens is 395 g/mol. The SMILES string of the molecule is OC[C@H]1O[C@@H](n2cnc3c(-c4ccc(N5CCOCC5)nc4)ncnc32)[C@H](O)[C@@H]1F. The van der Waals surface area contributed by atoms with Crippen LogP contribution in [0.25, 0.3) is 22.4 Å². The predicted octanol–water partition coefficient (Wildman–Crippen LogP) is 0.314. The lowest BCUT2D eigenvalue weighted by Crippen LogP contribution is -2.36. The van der Waals surface area contributed by atoms with Crippen molar-refractivity contribution in [1.29, 1.82) is 0 Å². The third kappa shape index (κ3) is 3.19. The third-order valence-corrected chi connectivity index (χ3v) is 5.46. The molecule has 0 aliphatic carbocycles. The Morgan fingerprint density at radius 2 is 1.97 bits per heavy atom. The molecule has 11 heteroatoms. The van der Waals surface area contributed by atoms with Crippen molar-refractivity contribution in [2.24, 2.45) is 0 Å². The predicted molar refractivity (Wildman–Crippen MR) is 103 cm³/mol. The summed E-state index contributed by atoms with van der Waals surface area (Å²) in [4.78, 5) is 19.7. The van der Waals surface area contributed by atoms with Crippen LogP contribution in [0.15, 0.2) is 31.0 Å². The van der Waals surface area contributed by atoms with Gasteiger partial charge in [0.2, 0.25) is 0 Å². The molecule has 2 fully saturated rings. The summed E-state index contributed by atoms with van der Waals surface area (Å²) in [6.45, 7) is 2.42. The molecule has 2 saturated heterocycles. The lowest BCUT2D eigenvalue weighted by Gasteiger charge is -2.27. The van der Waals surface area contributed by atoms with E-state index in [1.807, 2.05) is 12.1 Å². The Hall–Kier alpha value is -2.73. The average Bonchev–Trinajstić information content (AvgIpc) is 3.35. The molecule has 0 amide bonds. The molecule has 0 spiro atoms. The molecule has 5 rings (SSSR count). The fourth-order valence-corrected chi connectivity index (χ4v) is 3.84. The second-order valence-electron chi connectivity index (χ2n) is 7.23. The molecule has 30 heavy (non-hydrogen) atoms. The van der Waals surface area contributed by atoms with Crippen molar-refractivity contribution >= 4 is 17.0 Å². The number of hydrogen-bond donors (Lipinski definition) is 2. The highest BCUT2D eigenvalue weighted by molar-refractivity contribution is 5.87. The van der Waals surface area contributed by atoms with Crippen molar-refractivity contribution in [3.05, 3.63) is 31.0 Å². The molecule has 5 heterocycles. The molecule has 0 bridgehead atoms. The number of anilines is 1. The minimum atomic E-state index is -1.70. The Morgan fingerprint density at radius 1 is 1.13 bits per heavy atom. The van der Waals surface area contributed by atoms with Crippen LogP contribution in [0.3, 0.4) is 0 Å². The molecule has 158 valence electrons. The van der Waals surface area contributed by atoms with Crippen LogP contribution in [0.4, 0.5) is 10.2 Å². The minimum Gasteiger partial charge on any atom is -0.394 e. The Bertz CT molecular complexity index is 1030. The quantitative estimate of drug-likeness (QED) is 0.619. The van der Waals surface area contributed by atoms with Crippen LogP contribution >= 0.6 is 0 Å². The number of imidazole rings is 1. The van der Waals surface area contributed by atoms with Crippen molar-refractivity contribution in [1.82, 2.24) is 24.5 Å². The summed E-state index contributed by atoms with van der Waals surface area (Å²) in [5.41, 5.74) is 2.21. The number of ether oxygens (including phenoxy) is 2. The number of morpholine rings is 1. The summed E-state index contributed by atoms with van der Waals surface area (Å²) in [5, 5.41) is 19.5. The number of alkyl halides is 1. The Balaban J connectivity index is 1.47. The van der Waals surface area contributed by atoms with Gasteiger partial charge in [-0.1, -0.05) is 0 Å². The van der Waals surface area contributed by atoms with E-state index in [1.54, 1.807) is 6.20 Å². The summed E-state index contributed by atoms with van der Waals surface area (Å²) >= 11 is 0. The maximum absolute atomic E-state index is 14.1. The van der Waals surface area contributed by atoms with Crippen LogP contribution in [-0.4, -0.2) is 86.0 Å². The van der Waals surface area contributed by atoms with E-state index >= 15 is 0 Å². The highest BCUT2D eigenvalue weighted by atomic mass is 19.1. The Kier molecular flexibility index (Phi) is 5.03. The van der Waals surface area contributed by atoms with Crippen molar-refractivity contribution in [3.63, 3.8) is 0 Å². The summed E-state index contributed by atoms with van der Waals surface area (Å²) in [6.07, 6.45) is -0.732. The highest BCUT2D eigenvalue weighted by Gasteiger charge is 2.45. The van der Waals surface area contributed by atoms with Gasteiger partial charge >= 0.3 is 0 Å². The number of aromatic nitrogens is 5. The van der Waals surface area contributed by atoms with Crippen molar-refractivity contribution in [3.8, 4) is 11.3 Å². The zero-order chi connectivity index (χ0) is 20.7. The fourth-order valence-electron chi connectivity index (χ4n) is 3.84. The molecule has 2 aliphatic heterocycles. The van der Waals surface area contributed by atoms with Gasteiger partial charge < -0.3 is 24.6 Å². The standard InChI is InChI=1S/C19H21FN6O4/c20-14-12(8-27)30-19(17(14)28)26-10-24-16-15(22-9-23-18(16)26)11-1-2-13(21-7-11)25-3-5-29-6-4-25/h1-2,7,9-10,12,14,17,19,27-28H,3-6,8H2/t12-,14-,17-,19-/m1/s1. The summed E-state index contributed by atoms with van der Waals surface area (Å²) < 4.78 is 26.4. The van der Waals surface area contributed by atoms with Crippen LogP contribution in [0, 0.1) is 0 Å². The van der Waals surface area contributed by atoms with Gasteiger partial charge in [-0.15, -0.1) is 0 Å². The molecule has 0 saturated carbocycles. The number of aliphatic hydroxyl groups is 2. The zero-order valence-electron chi connectivity index (χ0n) is 16.0. The van der Waals surface area contributed by atoms with E-state index in [0.717, 1.165) is 24.5 Å². The molecule has 2 N–H and O–H groups in total. The average molecular weight is 416 g/mol. The maximum Gasteiger partial charge on any atom is 0.166 e. The fraction of sp³-hybridized carbons (Fsp3) is 0.474. The van der Waals surface area contributed by atoms with Gasteiger partial charge in [0.1, 0.15) is 35.6 Å². The monoisotopic (exact) mass is 416 g/mol. The van der Waals surface area contributed by atoms with E-state index in [-0.39, 0.29) is 0 Å². The van der Waals surface area contributed by atoms with E-state index in [4.69, 9.17) is 9.47 Å². The smallest absolute Gasteiger partial charge is 0.166 e. The second kappa shape index (κ2) is 7.84. The van der Waals surface area contributed by atoms with Gasteiger partial charge in [-0.05, 0) is 12.1 Å². The molecule has 0 aromatic carbocycles. The van der Waals surface area contributed by atoms with Crippen LogP contribution in [0.1, 0.15) is 6.23 Å². The van der Waals surface area contributed by atoms with Crippen LogP contribution in [0.5, 0.6) is 0 Å². The second-order valence-corrected chi connectivity index (χ2v) is 7.23. The van der Waals surface area contributed by atoms with Gasteiger partial charge in [-0.25, -0.2) is 24.3 Å². The van der Waals surface area contributed by atoms with Gasteiger partial charge in [-0.3, -0.25) is 4.57 Å². The topological polar surface area (TPSA) is 119 Å². The first kappa shape index (κ1) is 19.2. The van der Waals surface area contributed by atoms with Gasteiger partial charge in [0, 0.05) is 24.8 Å². The van der Waals surface area contributed by atoms with Crippen LogP contribution < -0.4 is 4.90 Å². The number of pyridine rings is 1. The first-order chi connectivity index (χ1) is 14.7. The lowest BCUT2D eigenvalue weighted by molar-refractivity contribution is -0.0495. The summed E-state index contributed by atoms with van der Waals surface area (Å²) in [5.74, 6) is 0.865. The summed E-state index contributed by atoms with van der Waals surface area (Å²) in [7, 11) is 0. The Morgan fingerprint density at radius 3 is 2.67 bits per heavy atom. The van der Waals surface area contributed by atoms with Crippen molar-refractivity contribution in [2.45, 2.75) is 24.6 Å².